The van der Waals surface area contributed by atoms with Crippen LogP contribution in [0.5, 0.6) is 0 Å². The summed E-state index contributed by atoms with van der Waals surface area (Å²) < 4.78 is 0. The Balaban J connectivity index is 1.79. The Kier molecular flexibility index (Phi) is 5.11. The first kappa shape index (κ1) is 14.5. The van der Waals surface area contributed by atoms with Gasteiger partial charge >= 0.3 is 0 Å². The number of nitrogens with zero attached hydrogens (tertiary/aromatic N) is 3. The van der Waals surface area contributed by atoms with Crippen molar-refractivity contribution >= 4 is 29.4 Å². The first-order valence-electron chi connectivity index (χ1n) is 6.37. The van der Waals surface area contributed by atoms with Crippen molar-refractivity contribution in [1.82, 2.24) is 20.8 Å². The molecule has 2 heterocycles. The van der Waals surface area contributed by atoms with E-state index in [-0.39, 0.29) is 17.7 Å². The zero-order valence-corrected chi connectivity index (χ0v) is 11.6. The Morgan fingerprint density at radius 3 is 2.50 bits per heavy atom. The van der Waals surface area contributed by atoms with Gasteiger partial charge in [0, 0.05) is 31.4 Å². The minimum absolute atomic E-state index is 0.120. The summed E-state index contributed by atoms with van der Waals surface area (Å²) in [5.74, 6) is -0.219. The van der Waals surface area contributed by atoms with Crippen molar-refractivity contribution in [2.24, 2.45) is 5.92 Å². The number of amides is 2. The Morgan fingerprint density at radius 1 is 1.25 bits per heavy atom. The number of carbonyl (C=O) groups excluding carboxylic acids is 2. The van der Waals surface area contributed by atoms with E-state index in [1.165, 1.54) is 0 Å². The highest BCUT2D eigenvalue weighted by atomic mass is 35.5. The van der Waals surface area contributed by atoms with E-state index < -0.39 is 5.91 Å². The smallest absolute Gasteiger partial charge is 0.253 e. The molecule has 0 bridgehead atoms. The second-order valence-electron chi connectivity index (χ2n) is 4.48. The Hall–Kier alpha value is -1.89. The van der Waals surface area contributed by atoms with Crippen molar-refractivity contribution in [3.63, 3.8) is 0 Å². The molecule has 1 aliphatic heterocycles. The standard InChI is InChI=1S/C12H16ClN5O2/c13-8-10(19)16-17-11(20)9-2-6-18(7-3-9)12-14-4-1-5-15-12/h1,4-5,9H,2-3,6-8H2,(H,16,19)(H,17,20). The molecule has 0 aliphatic carbocycles. The second kappa shape index (κ2) is 7.04. The average molecular weight is 298 g/mol. The van der Waals surface area contributed by atoms with Crippen LogP contribution in [0.4, 0.5) is 5.95 Å². The molecule has 8 heteroatoms. The highest BCUT2D eigenvalue weighted by Crippen LogP contribution is 2.20. The topological polar surface area (TPSA) is 87.2 Å². The summed E-state index contributed by atoms with van der Waals surface area (Å²) in [6.45, 7) is 1.43. The largest absolute Gasteiger partial charge is 0.341 e. The van der Waals surface area contributed by atoms with Crippen LogP contribution in [0.1, 0.15) is 12.8 Å². The van der Waals surface area contributed by atoms with Gasteiger partial charge < -0.3 is 4.90 Å². The number of carbonyl (C=O) groups is 2. The molecule has 2 rings (SSSR count). The lowest BCUT2D eigenvalue weighted by Gasteiger charge is -2.31. The lowest BCUT2D eigenvalue weighted by atomic mass is 9.96. The molecule has 2 amide bonds. The third kappa shape index (κ3) is 3.80. The molecule has 7 nitrogen and oxygen atoms in total. The third-order valence-corrected chi connectivity index (χ3v) is 3.39. The van der Waals surface area contributed by atoms with Crippen LogP contribution in [0.2, 0.25) is 0 Å². The number of nitrogens with one attached hydrogen (secondary N) is 2. The number of halogens is 1. The molecule has 1 aliphatic rings. The fourth-order valence-corrected chi connectivity index (χ4v) is 2.13. The first-order valence-corrected chi connectivity index (χ1v) is 6.91. The van der Waals surface area contributed by atoms with Gasteiger partial charge in [-0.3, -0.25) is 20.4 Å². The third-order valence-electron chi connectivity index (χ3n) is 3.15. The zero-order valence-electron chi connectivity index (χ0n) is 10.9. The lowest BCUT2D eigenvalue weighted by molar-refractivity contribution is -0.130. The van der Waals surface area contributed by atoms with E-state index in [4.69, 9.17) is 11.6 Å². The van der Waals surface area contributed by atoms with Crippen molar-refractivity contribution < 1.29 is 9.59 Å². The number of anilines is 1. The summed E-state index contributed by atoms with van der Waals surface area (Å²) in [7, 11) is 0. The minimum Gasteiger partial charge on any atom is -0.341 e. The van der Waals surface area contributed by atoms with E-state index in [0.29, 0.717) is 31.9 Å². The van der Waals surface area contributed by atoms with Crippen molar-refractivity contribution in [1.29, 1.82) is 0 Å². The number of alkyl halides is 1. The predicted molar refractivity (Wildman–Crippen MR) is 74.0 cm³/mol. The van der Waals surface area contributed by atoms with Crippen molar-refractivity contribution in [2.45, 2.75) is 12.8 Å². The van der Waals surface area contributed by atoms with E-state index in [2.05, 4.69) is 20.8 Å². The van der Waals surface area contributed by atoms with E-state index in [1.807, 2.05) is 4.90 Å². The highest BCUT2D eigenvalue weighted by Gasteiger charge is 2.26. The molecule has 20 heavy (non-hydrogen) atoms. The molecule has 1 aromatic rings. The lowest BCUT2D eigenvalue weighted by Crippen LogP contribution is -2.48. The average Bonchev–Trinajstić information content (AvgIpc) is 2.53. The summed E-state index contributed by atoms with van der Waals surface area (Å²) in [4.78, 5) is 33.2. The molecule has 2 N–H and O–H groups in total. The molecule has 0 unspecified atom stereocenters. The summed E-state index contributed by atoms with van der Waals surface area (Å²) in [5.41, 5.74) is 4.65. The van der Waals surface area contributed by atoms with Gasteiger partial charge in [0.25, 0.3) is 5.91 Å². The number of aromatic nitrogens is 2. The van der Waals surface area contributed by atoms with Crippen LogP contribution in [-0.2, 0) is 9.59 Å². The number of hydrazine groups is 1. The predicted octanol–water partition coefficient (Wildman–Crippen LogP) is 0.0792. The minimum atomic E-state index is -0.421. The maximum Gasteiger partial charge on any atom is 0.253 e. The van der Waals surface area contributed by atoms with Gasteiger partial charge in [-0.15, -0.1) is 11.6 Å². The summed E-state index contributed by atoms with van der Waals surface area (Å²) in [6.07, 6.45) is 4.79. The fraction of sp³-hybridized carbons (Fsp3) is 0.500. The van der Waals surface area contributed by atoms with E-state index >= 15 is 0 Å². The molecule has 108 valence electrons. The number of piperidine rings is 1. The van der Waals surface area contributed by atoms with Crippen LogP contribution in [0, 0.1) is 5.92 Å². The molecular formula is C12H16ClN5O2. The van der Waals surface area contributed by atoms with Gasteiger partial charge in [0.05, 0.1) is 0 Å². The maximum absolute atomic E-state index is 11.8. The van der Waals surface area contributed by atoms with E-state index in [0.717, 1.165) is 0 Å². The maximum atomic E-state index is 11.8. The first-order chi connectivity index (χ1) is 9.70. The molecule has 0 atom stereocenters. The van der Waals surface area contributed by atoms with Crippen LogP contribution in [-0.4, -0.2) is 40.8 Å². The van der Waals surface area contributed by atoms with Gasteiger partial charge in [-0.2, -0.15) is 0 Å². The molecule has 1 fully saturated rings. The molecule has 1 aromatic heterocycles. The molecule has 1 saturated heterocycles. The number of rotatable bonds is 3. The van der Waals surface area contributed by atoms with Crippen LogP contribution in [0.25, 0.3) is 0 Å². The fourth-order valence-electron chi connectivity index (χ4n) is 2.06. The zero-order chi connectivity index (χ0) is 14.4. The SMILES string of the molecule is O=C(CCl)NNC(=O)C1CCN(c2ncccn2)CC1. The molecule has 0 spiro atoms. The van der Waals surface area contributed by atoms with Crippen molar-refractivity contribution in [2.75, 3.05) is 23.9 Å². The van der Waals surface area contributed by atoms with Crippen LogP contribution in [0.15, 0.2) is 18.5 Å². The Bertz CT molecular complexity index is 462. The normalized spacial score (nSPS) is 15.8. The second-order valence-corrected chi connectivity index (χ2v) is 4.75. The van der Waals surface area contributed by atoms with Crippen LogP contribution < -0.4 is 15.8 Å². The molecule has 0 aromatic carbocycles. The van der Waals surface area contributed by atoms with E-state index in [1.54, 1.807) is 18.5 Å². The van der Waals surface area contributed by atoms with Gasteiger partial charge in [0.1, 0.15) is 5.88 Å². The van der Waals surface area contributed by atoms with Gasteiger partial charge in [-0.25, -0.2) is 9.97 Å². The van der Waals surface area contributed by atoms with Crippen molar-refractivity contribution in [3.8, 4) is 0 Å². The van der Waals surface area contributed by atoms with Gasteiger partial charge in [-0.1, -0.05) is 0 Å². The van der Waals surface area contributed by atoms with Gasteiger partial charge in [0.15, 0.2) is 0 Å². The molecule has 0 radical (unpaired) electrons. The van der Waals surface area contributed by atoms with Crippen LogP contribution >= 0.6 is 11.6 Å². The monoisotopic (exact) mass is 297 g/mol. The number of hydrogen-bond donors (Lipinski definition) is 2. The highest BCUT2D eigenvalue weighted by molar-refractivity contribution is 6.27. The van der Waals surface area contributed by atoms with Gasteiger partial charge in [0.2, 0.25) is 11.9 Å². The van der Waals surface area contributed by atoms with Gasteiger partial charge in [-0.05, 0) is 18.9 Å². The Morgan fingerprint density at radius 2 is 1.90 bits per heavy atom. The summed E-state index contributed by atoms with van der Waals surface area (Å²) in [5, 5.41) is 0. The Labute approximate surface area is 121 Å². The summed E-state index contributed by atoms with van der Waals surface area (Å²) >= 11 is 5.32. The number of hydrogen-bond acceptors (Lipinski definition) is 5. The van der Waals surface area contributed by atoms with Crippen molar-refractivity contribution in [3.05, 3.63) is 18.5 Å². The quantitative estimate of drug-likeness (QED) is 0.609. The van der Waals surface area contributed by atoms with E-state index in [9.17, 15) is 9.59 Å². The molecular weight excluding hydrogens is 282 g/mol. The molecule has 0 saturated carbocycles. The van der Waals surface area contributed by atoms with Crippen LogP contribution in [0.3, 0.4) is 0 Å². The summed E-state index contributed by atoms with van der Waals surface area (Å²) in [6, 6.07) is 1.77.